The van der Waals surface area contributed by atoms with E-state index in [0.717, 1.165) is 38.4 Å². The molecule has 15 heavy (non-hydrogen) atoms. The van der Waals surface area contributed by atoms with E-state index in [1.54, 1.807) is 6.20 Å². The third-order valence-electron chi connectivity index (χ3n) is 2.74. The van der Waals surface area contributed by atoms with Gasteiger partial charge in [-0.2, -0.15) is 0 Å². The molecule has 4 nitrogen and oxygen atoms in total. The maximum atomic E-state index is 5.40. The Morgan fingerprint density at radius 1 is 1.60 bits per heavy atom. The van der Waals surface area contributed by atoms with E-state index in [0.29, 0.717) is 6.04 Å². The number of ether oxygens (including phenoxy) is 1. The first kappa shape index (κ1) is 10.6. The third kappa shape index (κ3) is 3.64. The van der Waals surface area contributed by atoms with Crippen LogP contribution in [0.5, 0.6) is 0 Å². The van der Waals surface area contributed by atoms with E-state index in [1.807, 2.05) is 6.20 Å². The number of hydrogen-bond donors (Lipinski definition) is 2. The summed E-state index contributed by atoms with van der Waals surface area (Å²) in [6, 6.07) is 0.565. The van der Waals surface area contributed by atoms with Crippen LogP contribution in [0.4, 0.5) is 0 Å². The Labute approximate surface area is 90.4 Å². The van der Waals surface area contributed by atoms with Crippen molar-refractivity contribution in [3.63, 3.8) is 0 Å². The molecule has 0 bridgehead atoms. The summed E-state index contributed by atoms with van der Waals surface area (Å²) >= 11 is 0. The summed E-state index contributed by atoms with van der Waals surface area (Å²) in [7, 11) is 0. The van der Waals surface area contributed by atoms with E-state index in [4.69, 9.17) is 4.74 Å². The number of aromatic nitrogens is 2. The number of rotatable bonds is 5. The van der Waals surface area contributed by atoms with E-state index in [9.17, 15) is 0 Å². The number of aromatic amines is 1. The van der Waals surface area contributed by atoms with Crippen molar-refractivity contribution in [1.29, 1.82) is 0 Å². The van der Waals surface area contributed by atoms with Gasteiger partial charge in [-0.25, -0.2) is 4.98 Å². The fraction of sp³-hybridized carbons (Fsp3) is 0.727. The van der Waals surface area contributed by atoms with Crippen molar-refractivity contribution >= 4 is 0 Å². The Kier molecular flexibility index (Phi) is 4.17. The average molecular weight is 209 g/mol. The van der Waals surface area contributed by atoms with Crippen LogP contribution in [0.25, 0.3) is 0 Å². The van der Waals surface area contributed by atoms with Crippen molar-refractivity contribution in [1.82, 2.24) is 15.3 Å². The van der Waals surface area contributed by atoms with Gasteiger partial charge in [-0.1, -0.05) is 0 Å². The van der Waals surface area contributed by atoms with Gasteiger partial charge in [0.2, 0.25) is 0 Å². The molecule has 4 heteroatoms. The highest BCUT2D eigenvalue weighted by atomic mass is 16.5. The predicted octanol–water partition coefficient (Wildman–Crippen LogP) is 1.11. The molecule has 0 saturated carbocycles. The number of hydrogen-bond acceptors (Lipinski definition) is 3. The monoisotopic (exact) mass is 209 g/mol. The summed E-state index contributed by atoms with van der Waals surface area (Å²) in [5, 5.41) is 3.52. The third-order valence-corrected chi connectivity index (χ3v) is 2.74. The summed E-state index contributed by atoms with van der Waals surface area (Å²) in [6.07, 6.45) is 8.27. The zero-order chi connectivity index (χ0) is 10.3. The number of nitrogens with one attached hydrogen (secondary N) is 2. The molecule has 2 N–H and O–H groups in total. The van der Waals surface area contributed by atoms with Crippen LogP contribution in [0, 0.1) is 0 Å². The summed E-state index contributed by atoms with van der Waals surface area (Å²) in [6.45, 7) is 2.86. The SMILES string of the molecule is c1c[nH]c(CCCNC2CCCOC2)n1. The molecule has 0 amide bonds. The lowest BCUT2D eigenvalue weighted by atomic mass is 10.1. The first-order valence-electron chi connectivity index (χ1n) is 5.74. The smallest absolute Gasteiger partial charge is 0.106 e. The van der Waals surface area contributed by atoms with Crippen molar-refractivity contribution in [3.05, 3.63) is 18.2 Å². The first-order chi connectivity index (χ1) is 7.45. The number of nitrogens with zero attached hydrogens (tertiary/aromatic N) is 1. The molecular weight excluding hydrogens is 190 g/mol. The Balaban J connectivity index is 1.54. The molecule has 0 aromatic carbocycles. The van der Waals surface area contributed by atoms with Crippen LogP contribution in [0.3, 0.4) is 0 Å². The Morgan fingerprint density at radius 3 is 3.33 bits per heavy atom. The molecule has 1 aliphatic heterocycles. The second-order valence-corrected chi connectivity index (χ2v) is 4.01. The average Bonchev–Trinajstić information content (AvgIpc) is 2.79. The molecule has 2 rings (SSSR count). The van der Waals surface area contributed by atoms with E-state index < -0.39 is 0 Å². The van der Waals surface area contributed by atoms with Gasteiger partial charge in [0.25, 0.3) is 0 Å². The number of aryl methyl sites for hydroxylation is 1. The highest BCUT2D eigenvalue weighted by Crippen LogP contribution is 2.05. The first-order valence-corrected chi connectivity index (χ1v) is 5.74. The summed E-state index contributed by atoms with van der Waals surface area (Å²) in [5.41, 5.74) is 0. The molecule has 1 aromatic heterocycles. The molecule has 1 atom stereocenters. The lowest BCUT2D eigenvalue weighted by Crippen LogP contribution is -2.37. The highest BCUT2D eigenvalue weighted by molar-refractivity contribution is 4.86. The van der Waals surface area contributed by atoms with Crippen LogP contribution in [0.15, 0.2) is 12.4 Å². The molecule has 84 valence electrons. The molecule has 1 aliphatic rings. The van der Waals surface area contributed by atoms with Gasteiger partial charge in [0.15, 0.2) is 0 Å². The Morgan fingerprint density at radius 2 is 2.60 bits per heavy atom. The molecule has 1 aromatic rings. The second kappa shape index (κ2) is 5.88. The summed E-state index contributed by atoms with van der Waals surface area (Å²) in [4.78, 5) is 7.30. The molecule has 0 spiro atoms. The van der Waals surface area contributed by atoms with Gasteiger partial charge in [0, 0.05) is 31.5 Å². The number of imidazole rings is 1. The maximum Gasteiger partial charge on any atom is 0.106 e. The van der Waals surface area contributed by atoms with Crippen LogP contribution < -0.4 is 5.32 Å². The van der Waals surface area contributed by atoms with Crippen LogP contribution in [0.1, 0.15) is 25.1 Å². The zero-order valence-corrected chi connectivity index (χ0v) is 9.04. The van der Waals surface area contributed by atoms with Gasteiger partial charge in [0.1, 0.15) is 5.82 Å². The van der Waals surface area contributed by atoms with Crippen LogP contribution >= 0.6 is 0 Å². The van der Waals surface area contributed by atoms with Crippen molar-refractivity contribution < 1.29 is 4.74 Å². The molecule has 1 unspecified atom stereocenters. The molecule has 0 radical (unpaired) electrons. The lowest BCUT2D eigenvalue weighted by molar-refractivity contribution is 0.0705. The van der Waals surface area contributed by atoms with Crippen molar-refractivity contribution in [2.24, 2.45) is 0 Å². The van der Waals surface area contributed by atoms with Gasteiger partial charge in [-0.3, -0.25) is 0 Å². The fourth-order valence-electron chi connectivity index (χ4n) is 1.90. The van der Waals surface area contributed by atoms with Crippen molar-refractivity contribution in [3.8, 4) is 0 Å². The van der Waals surface area contributed by atoms with E-state index in [2.05, 4.69) is 15.3 Å². The fourth-order valence-corrected chi connectivity index (χ4v) is 1.90. The molecule has 1 saturated heterocycles. The van der Waals surface area contributed by atoms with Gasteiger partial charge in [0.05, 0.1) is 6.61 Å². The normalized spacial score (nSPS) is 21.7. The van der Waals surface area contributed by atoms with Crippen LogP contribution in [-0.2, 0) is 11.2 Å². The second-order valence-electron chi connectivity index (χ2n) is 4.01. The minimum atomic E-state index is 0.565. The van der Waals surface area contributed by atoms with Crippen molar-refractivity contribution in [2.45, 2.75) is 31.7 Å². The quantitative estimate of drug-likeness (QED) is 0.714. The van der Waals surface area contributed by atoms with Crippen molar-refractivity contribution in [2.75, 3.05) is 19.8 Å². The van der Waals surface area contributed by atoms with Crippen LogP contribution in [-0.4, -0.2) is 35.8 Å². The van der Waals surface area contributed by atoms with E-state index in [-0.39, 0.29) is 0 Å². The molecule has 0 aliphatic carbocycles. The summed E-state index contributed by atoms with van der Waals surface area (Å²) < 4.78 is 5.40. The standard InChI is InChI=1S/C11H19N3O/c1(4-11-13-6-7-14-11)5-12-10-3-2-8-15-9-10/h6-7,10,12H,1-5,8-9H2,(H,13,14). The summed E-state index contributed by atoms with van der Waals surface area (Å²) in [5.74, 6) is 1.08. The predicted molar refractivity (Wildman–Crippen MR) is 58.8 cm³/mol. The van der Waals surface area contributed by atoms with Gasteiger partial charge in [-0.15, -0.1) is 0 Å². The zero-order valence-electron chi connectivity index (χ0n) is 9.04. The van der Waals surface area contributed by atoms with Gasteiger partial charge in [-0.05, 0) is 25.8 Å². The maximum absolute atomic E-state index is 5.40. The van der Waals surface area contributed by atoms with E-state index >= 15 is 0 Å². The molecular formula is C11H19N3O. The van der Waals surface area contributed by atoms with E-state index in [1.165, 1.54) is 12.8 Å². The minimum absolute atomic E-state index is 0.565. The highest BCUT2D eigenvalue weighted by Gasteiger charge is 2.12. The molecule has 1 fully saturated rings. The van der Waals surface area contributed by atoms with Crippen LogP contribution in [0.2, 0.25) is 0 Å². The number of H-pyrrole nitrogens is 1. The Bertz CT molecular complexity index is 255. The van der Waals surface area contributed by atoms with Gasteiger partial charge >= 0.3 is 0 Å². The topological polar surface area (TPSA) is 49.9 Å². The largest absolute Gasteiger partial charge is 0.380 e. The van der Waals surface area contributed by atoms with Gasteiger partial charge < -0.3 is 15.0 Å². The lowest BCUT2D eigenvalue weighted by Gasteiger charge is -2.23. The minimum Gasteiger partial charge on any atom is -0.380 e. The Hall–Kier alpha value is -0.870. The molecule has 2 heterocycles.